The van der Waals surface area contributed by atoms with Gasteiger partial charge in [0.25, 0.3) is 10.2 Å². The molecule has 1 aliphatic heterocycles. The number of rotatable bonds is 6. The minimum Gasteiger partial charge on any atom is -0.301 e. The van der Waals surface area contributed by atoms with Crippen LogP contribution < -0.4 is 4.72 Å². The number of piperidine rings is 1. The topological polar surface area (TPSA) is 52.7 Å². The van der Waals surface area contributed by atoms with Crippen molar-refractivity contribution in [3.8, 4) is 0 Å². The third kappa shape index (κ3) is 4.97. The van der Waals surface area contributed by atoms with Crippen molar-refractivity contribution in [1.82, 2.24) is 13.9 Å². The highest BCUT2D eigenvalue weighted by molar-refractivity contribution is 7.87. The number of nitrogens with zero attached hydrogens (tertiary/aromatic N) is 2. The molecule has 7 heteroatoms. The number of nitrogens with one attached hydrogen (secondary N) is 1. The Morgan fingerprint density at radius 3 is 2.78 bits per heavy atom. The van der Waals surface area contributed by atoms with Gasteiger partial charge < -0.3 is 4.90 Å². The van der Waals surface area contributed by atoms with Gasteiger partial charge in [-0.25, -0.2) is 9.11 Å². The van der Waals surface area contributed by atoms with E-state index in [9.17, 15) is 12.8 Å². The van der Waals surface area contributed by atoms with Crippen LogP contribution in [0.1, 0.15) is 31.4 Å². The fourth-order valence-electron chi connectivity index (χ4n) is 2.95. The third-order valence-corrected chi connectivity index (χ3v) is 5.82. The largest absolute Gasteiger partial charge is 0.301 e. The zero-order valence-corrected chi connectivity index (χ0v) is 14.8. The Balaban J connectivity index is 2.06. The van der Waals surface area contributed by atoms with Crippen molar-refractivity contribution in [3.63, 3.8) is 0 Å². The van der Waals surface area contributed by atoms with Gasteiger partial charge in [-0.3, -0.25) is 0 Å². The van der Waals surface area contributed by atoms with Crippen molar-refractivity contribution in [3.05, 3.63) is 35.6 Å². The Morgan fingerprint density at radius 2 is 2.17 bits per heavy atom. The second-order valence-electron chi connectivity index (χ2n) is 6.49. The summed E-state index contributed by atoms with van der Waals surface area (Å²) in [6, 6.07) is 6.06. The van der Waals surface area contributed by atoms with Gasteiger partial charge in [0.2, 0.25) is 0 Å². The lowest BCUT2D eigenvalue weighted by atomic mass is 10.0. The first kappa shape index (κ1) is 18.3. The van der Waals surface area contributed by atoms with Crippen molar-refractivity contribution in [2.75, 3.05) is 33.7 Å². The van der Waals surface area contributed by atoms with E-state index < -0.39 is 10.2 Å². The first-order valence-corrected chi connectivity index (χ1v) is 9.40. The van der Waals surface area contributed by atoms with Crippen LogP contribution in [-0.4, -0.2) is 51.4 Å². The summed E-state index contributed by atoms with van der Waals surface area (Å²) in [6.07, 6.45) is 1.96. The number of halogens is 1. The smallest absolute Gasteiger partial charge is 0.279 e. The van der Waals surface area contributed by atoms with E-state index in [1.165, 1.54) is 16.4 Å². The Labute approximate surface area is 138 Å². The lowest BCUT2D eigenvalue weighted by molar-refractivity contribution is 0.270. The van der Waals surface area contributed by atoms with E-state index in [2.05, 4.69) is 11.6 Å². The minimum absolute atomic E-state index is 0.212. The zero-order valence-electron chi connectivity index (χ0n) is 14.0. The average molecular weight is 343 g/mol. The predicted octanol–water partition coefficient (Wildman–Crippen LogP) is 1.99. The molecule has 0 radical (unpaired) electrons. The number of hydrogen-bond donors (Lipinski definition) is 1. The van der Waals surface area contributed by atoms with Gasteiger partial charge in [-0.05, 0) is 50.6 Å². The molecule has 0 aliphatic carbocycles. The van der Waals surface area contributed by atoms with Crippen LogP contribution in [0.15, 0.2) is 24.3 Å². The molecule has 1 saturated heterocycles. The van der Waals surface area contributed by atoms with Gasteiger partial charge in [-0.2, -0.15) is 12.7 Å². The Morgan fingerprint density at radius 1 is 1.43 bits per heavy atom. The molecule has 0 aromatic heterocycles. The standard InChI is InChI=1S/C16H26FN3O2S/c1-13-6-5-9-20(12-13)23(21,22)18-11-16(19(2)3)14-7-4-8-15(17)10-14/h4,7-8,10,13,16,18H,5-6,9,11-12H2,1-3H3. The van der Waals surface area contributed by atoms with Gasteiger partial charge in [0, 0.05) is 25.7 Å². The second kappa shape index (κ2) is 7.70. The van der Waals surface area contributed by atoms with E-state index in [1.807, 2.05) is 25.1 Å². The highest BCUT2D eigenvalue weighted by Crippen LogP contribution is 2.20. The lowest BCUT2D eigenvalue weighted by Gasteiger charge is -2.31. The number of likely N-dealkylation sites (N-methyl/N-ethyl adjacent to an activating group) is 1. The molecule has 5 nitrogen and oxygen atoms in total. The first-order chi connectivity index (χ1) is 10.8. The molecule has 1 aliphatic rings. The van der Waals surface area contributed by atoms with Crippen LogP contribution in [0.4, 0.5) is 4.39 Å². The fraction of sp³-hybridized carbons (Fsp3) is 0.625. The molecule has 1 N–H and O–H groups in total. The van der Waals surface area contributed by atoms with Gasteiger partial charge in [0.15, 0.2) is 0 Å². The minimum atomic E-state index is -3.50. The summed E-state index contributed by atoms with van der Waals surface area (Å²) in [6.45, 7) is 3.40. The summed E-state index contributed by atoms with van der Waals surface area (Å²) in [5.41, 5.74) is 0.754. The Bertz CT molecular complexity index is 622. The van der Waals surface area contributed by atoms with Crippen LogP contribution in [0, 0.1) is 11.7 Å². The van der Waals surface area contributed by atoms with E-state index in [-0.39, 0.29) is 18.4 Å². The molecule has 23 heavy (non-hydrogen) atoms. The zero-order chi connectivity index (χ0) is 17.0. The highest BCUT2D eigenvalue weighted by atomic mass is 32.2. The van der Waals surface area contributed by atoms with Gasteiger partial charge in [0.1, 0.15) is 5.82 Å². The third-order valence-electron chi connectivity index (χ3n) is 4.28. The average Bonchev–Trinajstić information content (AvgIpc) is 2.47. The molecule has 1 aromatic carbocycles. The van der Waals surface area contributed by atoms with Crippen LogP contribution in [-0.2, 0) is 10.2 Å². The predicted molar refractivity (Wildman–Crippen MR) is 89.7 cm³/mol. The monoisotopic (exact) mass is 343 g/mol. The molecular weight excluding hydrogens is 317 g/mol. The molecule has 130 valence electrons. The van der Waals surface area contributed by atoms with E-state index in [0.717, 1.165) is 18.4 Å². The molecular formula is C16H26FN3O2S. The quantitative estimate of drug-likeness (QED) is 0.859. The van der Waals surface area contributed by atoms with Gasteiger partial charge in [-0.15, -0.1) is 0 Å². The van der Waals surface area contributed by atoms with E-state index >= 15 is 0 Å². The number of hydrogen-bond acceptors (Lipinski definition) is 3. The van der Waals surface area contributed by atoms with E-state index in [4.69, 9.17) is 0 Å². The molecule has 1 heterocycles. The molecule has 0 bridgehead atoms. The van der Waals surface area contributed by atoms with Crippen LogP contribution in [0.3, 0.4) is 0 Å². The summed E-state index contributed by atoms with van der Waals surface area (Å²) in [5.74, 6) is 0.0650. The first-order valence-electron chi connectivity index (χ1n) is 7.96. The van der Waals surface area contributed by atoms with Crippen molar-refractivity contribution < 1.29 is 12.8 Å². The van der Waals surface area contributed by atoms with Crippen molar-refractivity contribution in [2.24, 2.45) is 5.92 Å². The molecule has 2 rings (SSSR count). The Hall–Kier alpha value is -1.02. The van der Waals surface area contributed by atoms with Crippen LogP contribution in [0.5, 0.6) is 0 Å². The normalized spacial score (nSPS) is 21.5. The molecule has 2 atom stereocenters. The summed E-state index contributed by atoms with van der Waals surface area (Å²) in [4.78, 5) is 1.89. The molecule has 2 unspecified atom stereocenters. The van der Waals surface area contributed by atoms with Gasteiger partial charge in [0.05, 0.1) is 0 Å². The maximum Gasteiger partial charge on any atom is 0.279 e. The summed E-state index contributed by atoms with van der Waals surface area (Å²) in [5, 5.41) is 0. The maximum absolute atomic E-state index is 13.4. The van der Waals surface area contributed by atoms with E-state index in [1.54, 1.807) is 6.07 Å². The highest BCUT2D eigenvalue weighted by Gasteiger charge is 2.28. The Kier molecular flexibility index (Phi) is 6.13. The molecule has 0 saturated carbocycles. The molecule has 0 spiro atoms. The lowest BCUT2D eigenvalue weighted by Crippen LogP contribution is -2.47. The van der Waals surface area contributed by atoms with Gasteiger partial charge in [-0.1, -0.05) is 19.1 Å². The van der Waals surface area contributed by atoms with Crippen LogP contribution in [0.2, 0.25) is 0 Å². The fourth-order valence-corrected chi connectivity index (χ4v) is 4.32. The molecule has 0 amide bonds. The van der Waals surface area contributed by atoms with Crippen molar-refractivity contribution in [1.29, 1.82) is 0 Å². The SMILES string of the molecule is CC1CCCN(S(=O)(=O)NCC(c2cccc(F)c2)N(C)C)C1. The summed E-state index contributed by atoms with van der Waals surface area (Å²) in [7, 11) is 0.208. The second-order valence-corrected chi connectivity index (χ2v) is 8.25. The van der Waals surface area contributed by atoms with Crippen LogP contribution in [0.25, 0.3) is 0 Å². The van der Waals surface area contributed by atoms with Crippen LogP contribution >= 0.6 is 0 Å². The molecule has 1 aromatic rings. The summed E-state index contributed by atoms with van der Waals surface area (Å²) < 4.78 is 42.6. The van der Waals surface area contributed by atoms with Crippen molar-refractivity contribution in [2.45, 2.75) is 25.8 Å². The number of benzene rings is 1. The summed E-state index contributed by atoms with van der Waals surface area (Å²) >= 11 is 0. The van der Waals surface area contributed by atoms with Crippen molar-refractivity contribution >= 4 is 10.2 Å². The van der Waals surface area contributed by atoms with E-state index in [0.29, 0.717) is 19.0 Å². The molecule has 1 fully saturated rings. The van der Waals surface area contributed by atoms with Gasteiger partial charge >= 0.3 is 0 Å². The maximum atomic E-state index is 13.4.